The number of carbonyl (C=O) groups excluding carboxylic acids is 4. The number of methoxy groups -OCH3 is 2. The molecule has 6 aromatic rings. The van der Waals surface area contributed by atoms with Crippen LogP contribution in [0.4, 0.5) is 9.59 Å². The molecule has 0 unspecified atom stereocenters. The largest absolute Gasteiger partial charge is 0.453 e. The zero-order valence-electron chi connectivity index (χ0n) is 34.9. The zero-order chi connectivity index (χ0) is 43.5. The molecule has 0 saturated carbocycles. The summed E-state index contributed by atoms with van der Waals surface area (Å²) in [7, 11) is 2.55. The first-order valence-corrected chi connectivity index (χ1v) is 21.0. The van der Waals surface area contributed by atoms with E-state index in [0.29, 0.717) is 50.1 Å². The number of ether oxygens (including phenoxy) is 4. The highest BCUT2D eigenvalue weighted by atomic mass is 16.5. The summed E-state index contributed by atoms with van der Waals surface area (Å²) in [4.78, 5) is 71.9. The van der Waals surface area contributed by atoms with Crippen LogP contribution in [0.1, 0.15) is 48.2 Å². The number of benzene rings is 4. The molecule has 16 heteroatoms. The molecule has 5 heterocycles. The number of fused-ring (bicyclic) bond motifs is 1. The molecule has 4 N–H and O–H groups in total. The van der Waals surface area contributed by atoms with Crippen molar-refractivity contribution in [2.24, 2.45) is 5.92 Å². The van der Waals surface area contributed by atoms with Crippen LogP contribution in [0, 0.1) is 5.92 Å². The van der Waals surface area contributed by atoms with Gasteiger partial charge in [0.05, 0.1) is 70.5 Å². The minimum Gasteiger partial charge on any atom is -0.453 e. The maximum atomic E-state index is 14.0. The van der Waals surface area contributed by atoms with E-state index in [0.717, 1.165) is 57.3 Å². The molecule has 0 spiro atoms. The van der Waals surface area contributed by atoms with E-state index in [4.69, 9.17) is 23.9 Å². The van der Waals surface area contributed by atoms with Crippen LogP contribution in [0.25, 0.3) is 44.4 Å². The van der Waals surface area contributed by atoms with Crippen molar-refractivity contribution in [3.05, 3.63) is 121 Å². The molecular formula is C47H48N8O8. The predicted octanol–water partition coefficient (Wildman–Crippen LogP) is 6.32. The summed E-state index contributed by atoms with van der Waals surface area (Å²) in [6.45, 7) is 2.34. The fourth-order valence-electron chi connectivity index (χ4n) is 8.62. The zero-order valence-corrected chi connectivity index (χ0v) is 34.9. The Balaban J connectivity index is 0.875. The van der Waals surface area contributed by atoms with Gasteiger partial charge in [-0.05, 0) is 58.0 Å². The number of H-pyrrole nitrogens is 2. The van der Waals surface area contributed by atoms with E-state index in [-0.39, 0.29) is 30.4 Å². The SMILES string of the molecule is COC(=O)N[C@H](C(=O)N1CCC[C@H]1c1ncc(-c2ccc3cc(-c4ccc(-c5cnc([C@@H]6COCCN6C(=O)[C@H](NC(=O)OC)c6ccccc6)[nH]5)cc4)ccc3c2)[nH]1)C1COC1. The van der Waals surface area contributed by atoms with Crippen LogP contribution >= 0.6 is 0 Å². The van der Waals surface area contributed by atoms with Crippen molar-refractivity contribution >= 4 is 34.8 Å². The van der Waals surface area contributed by atoms with Crippen molar-refractivity contribution in [3.63, 3.8) is 0 Å². The summed E-state index contributed by atoms with van der Waals surface area (Å²) < 4.78 is 20.8. The number of hydrogen-bond donors (Lipinski definition) is 4. The van der Waals surface area contributed by atoms with E-state index in [9.17, 15) is 19.2 Å². The molecule has 2 aromatic heterocycles. The molecule has 3 fully saturated rings. The van der Waals surface area contributed by atoms with Gasteiger partial charge in [-0.15, -0.1) is 0 Å². The molecule has 0 radical (unpaired) electrons. The topological polar surface area (TPSA) is 193 Å². The number of likely N-dealkylation sites (tertiary alicyclic amines) is 1. The Morgan fingerprint density at radius 3 is 1.95 bits per heavy atom. The molecule has 0 aliphatic carbocycles. The number of nitrogens with zero attached hydrogens (tertiary/aromatic N) is 4. The van der Waals surface area contributed by atoms with Crippen molar-refractivity contribution in [1.29, 1.82) is 0 Å². The van der Waals surface area contributed by atoms with Gasteiger partial charge >= 0.3 is 12.2 Å². The predicted molar refractivity (Wildman–Crippen MR) is 232 cm³/mol. The Morgan fingerprint density at radius 2 is 1.27 bits per heavy atom. The summed E-state index contributed by atoms with van der Waals surface area (Å²) in [5.74, 6) is 0.755. The molecule has 9 rings (SSSR count). The van der Waals surface area contributed by atoms with Crippen molar-refractivity contribution < 1.29 is 38.1 Å². The van der Waals surface area contributed by atoms with Crippen LogP contribution in [0.3, 0.4) is 0 Å². The fraction of sp³-hybridized carbons (Fsp3) is 0.319. The molecule has 4 aromatic carbocycles. The Bertz CT molecular complexity index is 2610. The Labute approximate surface area is 363 Å². The lowest BCUT2D eigenvalue weighted by atomic mass is 9.96. The highest BCUT2D eigenvalue weighted by Crippen LogP contribution is 2.35. The summed E-state index contributed by atoms with van der Waals surface area (Å²) in [6, 6.07) is 27.6. The van der Waals surface area contributed by atoms with Gasteiger partial charge in [-0.2, -0.15) is 0 Å². The summed E-state index contributed by atoms with van der Waals surface area (Å²) in [5.41, 5.74) is 6.32. The third-order valence-electron chi connectivity index (χ3n) is 12.1. The van der Waals surface area contributed by atoms with Gasteiger partial charge in [-0.3, -0.25) is 9.59 Å². The first-order chi connectivity index (χ1) is 30.8. The number of aromatic amines is 2. The smallest absolute Gasteiger partial charge is 0.407 e. The third-order valence-corrected chi connectivity index (χ3v) is 12.1. The number of hydrogen-bond acceptors (Lipinski definition) is 10. The lowest BCUT2D eigenvalue weighted by molar-refractivity contribution is -0.143. The van der Waals surface area contributed by atoms with E-state index >= 15 is 0 Å². The Kier molecular flexibility index (Phi) is 11.9. The maximum absolute atomic E-state index is 14.0. The molecule has 63 heavy (non-hydrogen) atoms. The molecule has 3 aliphatic rings. The molecule has 0 bridgehead atoms. The number of imidazole rings is 2. The second kappa shape index (κ2) is 18.1. The third kappa shape index (κ3) is 8.59. The fourth-order valence-corrected chi connectivity index (χ4v) is 8.62. The molecule has 3 aliphatic heterocycles. The van der Waals surface area contributed by atoms with Gasteiger partial charge < -0.3 is 49.3 Å². The van der Waals surface area contributed by atoms with Crippen LogP contribution in [-0.2, 0) is 28.5 Å². The van der Waals surface area contributed by atoms with Crippen LogP contribution in [-0.4, -0.2) is 114 Å². The van der Waals surface area contributed by atoms with Crippen molar-refractivity contribution in [2.75, 3.05) is 53.7 Å². The molecule has 4 atom stereocenters. The van der Waals surface area contributed by atoms with Crippen LogP contribution < -0.4 is 10.6 Å². The molecule has 3 saturated heterocycles. The van der Waals surface area contributed by atoms with E-state index in [1.54, 1.807) is 23.2 Å². The van der Waals surface area contributed by atoms with E-state index in [1.165, 1.54) is 14.2 Å². The molecule has 16 nitrogen and oxygen atoms in total. The lowest BCUT2D eigenvalue weighted by Crippen LogP contribution is -2.56. The monoisotopic (exact) mass is 852 g/mol. The highest BCUT2D eigenvalue weighted by Gasteiger charge is 2.42. The Hall–Kier alpha value is -7.04. The second-order valence-corrected chi connectivity index (χ2v) is 15.9. The van der Waals surface area contributed by atoms with Crippen molar-refractivity contribution in [3.8, 4) is 33.6 Å². The number of morpholine rings is 1. The first-order valence-electron chi connectivity index (χ1n) is 21.0. The number of carbonyl (C=O) groups is 4. The van der Waals surface area contributed by atoms with Gasteiger partial charge in [0.1, 0.15) is 29.8 Å². The van der Waals surface area contributed by atoms with Crippen molar-refractivity contribution in [1.82, 2.24) is 40.4 Å². The number of aromatic nitrogens is 4. The number of alkyl carbamates (subject to hydrolysis) is 2. The van der Waals surface area contributed by atoms with E-state index in [2.05, 4.69) is 74.1 Å². The lowest BCUT2D eigenvalue weighted by Gasteiger charge is -2.36. The number of nitrogens with one attached hydrogen (secondary N) is 4. The van der Waals surface area contributed by atoms with Crippen molar-refractivity contribution in [2.45, 2.75) is 37.0 Å². The van der Waals surface area contributed by atoms with Crippen LogP contribution in [0.2, 0.25) is 0 Å². The minimum atomic E-state index is -0.942. The summed E-state index contributed by atoms with van der Waals surface area (Å²) in [5, 5.41) is 7.57. The number of amides is 4. The van der Waals surface area contributed by atoms with Crippen LogP contribution in [0.5, 0.6) is 0 Å². The Morgan fingerprint density at radius 1 is 0.667 bits per heavy atom. The van der Waals surface area contributed by atoms with Gasteiger partial charge in [0, 0.05) is 24.6 Å². The standard InChI is InChI=1S/C47H48N8O8/c1-60-46(58)52-40(30-7-4-3-5-8-30)44(56)55-19-20-62-27-39(55)43-49-23-36(50-43)29-12-10-28(11-13-29)31-14-15-33-22-34(17-16-32(33)21-31)37-24-48-42(51-37)38-9-6-18-54(38)45(57)41(35-25-63-26-35)53-47(59)61-2/h3-5,7-8,10-17,21-24,35,38-41H,6,9,18-20,25-27H2,1-2H3,(H,48,51)(H,49,50)(H,52,58)(H,53,59)/t38-,39-,40+,41-/m0/s1. The number of rotatable bonds is 11. The summed E-state index contributed by atoms with van der Waals surface area (Å²) >= 11 is 0. The van der Waals surface area contributed by atoms with E-state index < -0.39 is 30.3 Å². The van der Waals surface area contributed by atoms with Gasteiger partial charge in [0.25, 0.3) is 5.91 Å². The van der Waals surface area contributed by atoms with Gasteiger partial charge in [0.15, 0.2) is 0 Å². The first kappa shape index (κ1) is 41.3. The second-order valence-electron chi connectivity index (χ2n) is 15.9. The van der Waals surface area contributed by atoms with Crippen LogP contribution in [0.15, 0.2) is 103 Å². The van der Waals surface area contributed by atoms with Gasteiger partial charge in [-0.1, -0.05) is 78.9 Å². The normalized spacial score (nSPS) is 18.6. The highest BCUT2D eigenvalue weighted by molar-refractivity contribution is 5.91. The van der Waals surface area contributed by atoms with Gasteiger partial charge in [0.2, 0.25) is 5.91 Å². The molecule has 324 valence electrons. The molecule has 4 amide bonds. The van der Waals surface area contributed by atoms with E-state index in [1.807, 2.05) is 41.4 Å². The average molecular weight is 853 g/mol. The molecular weight excluding hydrogens is 805 g/mol. The average Bonchev–Trinajstić information content (AvgIpc) is 4.12. The minimum absolute atomic E-state index is 0.103. The maximum Gasteiger partial charge on any atom is 0.407 e. The quantitative estimate of drug-likeness (QED) is 0.115. The summed E-state index contributed by atoms with van der Waals surface area (Å²) in [6.07, 6.45) is 3.83. The van der Waals surface area contributed by atoms with Gasteiger partial charge in [-0.25, -0.2) is 19.6 Å².